The van der Waals surface area contributed by atoms with Crippen LogP contribution in [0.25, 0.3) is 77.6 Å². The fraction of sp³-hybridized carbons (Fsp3) is 0.0385. The quantitative estimate of drug-likeness (QED) is 0.102. The Bertz CT molecular complexity index is 3300. The molecule has 9 nitrogen and oxygen atoms in total. The second kappa shape index (κ2) is 19.9. The molecule has 0 aliphatic carbocycles. The summed E-state index contributed by atoms with van der Waals surface area (Å²) in [5, 5.41) is 21.8. The van der Waals surface area contributed by atoms with E-state index in [1.165, 1.54) is 41.6 Å². The van der Waals surface area contributed by atoms with Crippen molar-refractivity contribution in [2.45, 2.75) is 13.8 Å². The molecule has 0 amide bonds. The third-order valence-electron chi connectivity index (χ3n) is 10.0. The number of hydrogen-bond acceptors (Lipinski definition) is 5. The summed E-state index contributed by atoms with van der Waals surface area (Å²) in [6.07, 6.45) is 10.4. The Kier molecular flexibility index (Phi) is 13.9. The Morgan fingerprint density at radius 3 is 1.87 bits per heavy atom. The molecule has 5 heterocycles. The predicted octanol–water partition coefficient (Wildman–Crippen LogP) is 11.4. The Morgan fingerprint density at radius 2 is 1.24 bits per heavy atom. The van der Waals surface area contributed by atoms with Gasteiger partial charge in [0.05, 0.1) is 5.76 Å². The van der Waals surface area contributed by atoms with Gasteiger partial charge >= 0.3 is 21.1 Å². The number of allylic oxidation sites excluding steroid dienone is 2. The molecule has 0 radical (unpaired) electrons. The number of pyridine rings is 1. The Hall–Kier alpha value is -6.92. The molecule has 0 unspecified atom stereocenters. The molecule has 0 aliphatic rings. The van der Waals surface area contributed by atoms with Gasteiger partial charge in [0.1, 0.15) is 0 Å². The van der Waals surface area contributed by atoms with Gasteiger partial charge in [0.25, 0.3) is 0 Å². The van der Waals surface area contributed by atoms with Crippen LogP contribution in [-0.2, 0) is 46.9 Å². The number of carbonyl (C=O) groups is 1. The number of para-hydroxylation sites is 3. The molecular formula is C52H38N7O2Pt2-. The van der Waals surface area contributed by atoms with Crippen molar-refractivity contribution < 1.29 is 52.0 Å². The summed E-state index contributed by atoms with van der Waals surface area (Å²) >= 11 is 0. The maximum atomic E-state index is 10.0. The molecule has 63 heavy (non-hydrogen) atoms. The number of ketones is 1. The summed E-state index contributed by atoms with van der Waals surface area (Å²) in [6.45, 7) is 2.85. The number of aromatic nitrogens is 7. The number of benzene rings is 6. The van der Waals surface area contributed by atoms with Gasteiger partial charge in [0.2, 0.25) is 0 Å². The number of hydrogen-bond donors (Lipinski definition) is 1. The smallest absolute Gasteiger partial charge is 0.512 e. The SMILES string of the molecule is CC(=O)C=C(C)O.[Pt+2].[Pt].[c-]1c(-c2ccccn2)cccc1-n1c2[c-]c(-n3cccn3)ccc2c2ccccc21.[c-]1cc2c3ccccc3n(-c3ccccc3)c2cc1-n1cccn1. The second-order valence-electron chi connectivity index (χ2n) is 14.2. The van der Waals surface area contributed by atoms with Crippen molar-refractivity contribution in [3.63, 3.8) is 0 Å². The van der Waals surface area contributed by atoms with Gasteiger partial charge in [-0.25, -0.2) is 0 Å². The van der Waals surface area contributed by atoms with E-state index in [-0.39, 0.29) is 53.7 Å². The average Bonchev–Trinajstić information content (AvgIpc) is 4.13. The summed E-state index contributed by atoms with van der Waals surface area (Å²) < 4.78 is 8.18. The standard InChI is InChI=1S/C26H16N4.C21H14N3.C5H8O2.2Pt/c1-2-11-25-22(9-1)23-13-12-20(29-16-6-15-28-29)18-26(23)30(25)21-8-5-7-19(17-21)24-10-3-4-14-27-24;1-2-7-16(8-3-1)24-20-10-5-4-9-18(20)19-12-11-17(15-21(19)24)23-14-6-13-22-23;1-4(6)3-5(2)7;;/h1-16H;1-10,12-15H;3,6H,1-2H3;;/q-2;-1;;;+2. The van der Waals surface area contributed by atoms with E-state index in [0.29, 0.717) is 0 Å². The van der Waals surface area contributed by atoms with Crippen molar-refractivity contribution in [3.05, 3.63) is 213 Å². The zero-order chi connectivity index (χ0) is 41.7. The maximum absolute atomic E-state index is 10.0. The first kappa shape index (κ1) is 44.1. The molecule has 0 fully saturated rings. The fourth-order valence-electron chi connectivity index (χ4n) is 7.52. The molecule has 0 atom stereocenters. The van der Waals surface area contributed by atoms with Crippen LogP contribution in [0.15, 0.2) is 194 Å². The number of fused-ring (bicyclic) bond motifs is 6. The molecule has 11 aromatic rings. The van der Waals surface area contributed by atoms with Gasteiger partial charge in [-0.05, 0) is 89.8 Å². The van der Waals surface area contributed by atoms with E-state index in [1.807, 2.05) is 70.3 Å². The van der Waals surface area contributed by atoms with Crippen molar-refractivity contribution in [2.75, 3.05) is 0 Å². The predicted molar refractivity (Wildman–Crippen MR) is 243 cm³/mol. The molecule has 0 saturated carbocycles. The topological polar surface area (TPSA) is 95.7 Å². The van der Waals surface area contributed by atoms with E-state index >= 15 is 0 Å². The Morgan fingerprint density at radius 1 is 0.587 bits per heavy atom. The Labute approximate surface area is 393 Å². The fourth-order valence-corrected chi connectivity index (χ4v) is 7.52. The van der Waals surface area contributed by atoms with Gasteiger partial charge in [0.15, 0.2) is 5.78 Å². The minimum atomic E-state index is -0.125. The summed E-state index contributed by atoms with van der Waals surface area (Å²) in [5.74, 6) is -0.0625. The van der Waals surface area contributed by atoms with Gasteiger partial charge in [0, 0.05) is 74.8 Å². The summed E-state index contributed by atoms with van der Waals surface area (Å²) in [7, 11) is 0. The monoisotopic (exact) mass is 1180 g/mol. The van der Waals surface area contributed by atoms with Crippen LogP contribution in [0.2, 0.25) is 0 Å². The van der Waals surface area contributed by atoms with E-state index in [4.69, 9.17) is 5.11 Å². The molecule has 0 aliphatic heterocycles. The minimum absolute atomic E-state index is 0. The van der Waals surface area contributed by atoms with Crippen LogP contribution in [0.3, 0.4) is 0 Å². The Balaban J connectivity index is 0.000000163. The van der Waals surface area contributed by atoms with Crippen molar-refractivity contribution in [1.82, 2.24) is 33.7 Å². The average molecular weight is 1180 g/mol. The van der Waals surface area contributed by atoms with Crippen LogP contribution < -0.4 is 0 Å². The normalized spacial score (nSPS) is 11.0. The summed E-state index contributed by atoms with van der Waals surface area (Å²) in [4.78, 5) is 14.5. The molecule has 0 spiro atoms. The van der Waals surface area contributed by atoms with Crippen LogP contribution in [0, 0.1) is 18.2 Å². The maximum Gasteiger partial charge on any atom is 2.00 e. The first-order valence-corrected chi connectivity index (χ1v) is 19.7. The third kappa shape index (κ3) is 9.31. The first-order chi connectivity index (χ1) is 29.9. The van der Waals surface area contributed by atoms with Crippen LogP contribution in [-0.4, -0.2) is 44.6 Å². The van der Waals surface area contributed by atoms with Crippen molar-refractivity contribution in [3.8, 4) is 34.0 Å². The molecule has 0 saturated heterocycles. The van der Waals surface area contributed by atoms with E-state index < -0.39 is 0 Å². The molecule has 0 bridgehead atoms. The van der Waals surface area contributed by atoms with Gasteiger partial charge < -0.3 is 19.2 Å². The number of rotatable bonds is 6. The van der Waals surface area contributed by atoms with E-state index in [1.54, 1.807) is 18.6 Å². The van der Waals surface area contributed by atoms with E-state index in [9.17, 15) is 4.79 Å². The van der Waals surface area contributed by atoms with Crippen LogP contribution in [0.5, 0.6) is 0 Å². The summed E-state index contributed by atoms with van der Waals surface area (Å²) in [5.41, 5.74) is 10.3. The molecule has 314 valence electrons. The number of aliphatic hydroxyl groups is 1. The van der Waals surface area contributed by atoms with Gasteiger partial charge in [-0.1, -0.05) is 77.8 Å². The molecular weight excluding hydrogens is 1140 g/mol. The van der Waals surface area contributed by atoms with E-state index in [0.717, 1.165) is 55.9 Å². The van der Waals surface area contributed by atoms with Crippen LogP contribution >= 0.6 is 0 Å². The van der Waals surface area contributed by atoms with Crippen LogP contribution in [0.1, 0.15) is 13.8 Å². The third-order valence-corrected chi connectivity index (χ3v) is 10.0. The van der Waals surface area contributed by atoms with Crippen molar-refractivity contribution >= 4 is 49.4 Å². The van der Waals surface area contributed by atoms with Gasteiger partial charge in [-0.15, -0.1) is 58.8 Å². The number of nitrogens with zero attached hydrogens (tertiary/aromatic N) is 7. The number of aliphatic hydroxyl groups excluding tert-OH is 1. The molecule has 5 aromatic heterocycles. The molecule has 1 N–H and O–H groups in total. The zero-order valence-corrected chi connectivity index (χ0v) is 38.6. The zero-order valence-electron chi connectivity index (χ0n) is 34.0. The summed E-state index contributed by atoms with van der Waals surface area (Å²) in [6, 6.07) is 62.2. The number of carbonyl (C=O) groups excluding carboxylic acids is 1. The molecule has 6 aromatic carbocycles. The molecule has 11 heteroatoms. The van der Waals surface area contributed by atoms with Gasteiger partial charge in [-0.2, -0.15) is 28.4 Å². The van der Waals surface area contributed by atoms with Gasteiger partial charge in [-0.3, -0.25) is 14.2 Å². The van der Waals surface area contributed by atoms with E-state index in [2.05, 4.69) is 146 Å². The van der Waals surface area contributed by atoms with Crippen LogP contribution in [0.4, 0.5) is 0 Å². The largest absolute Gasteiger partial charge is 2.00 e. The van der Waals surface area contributed by atoms with Crippen molar-refractivity contribution in [2.24, 2.45) is 0 Å². The van der Waals surface area contributed by atoms with Crippen molar-refractivity contribution in [1.29, 1.82) is 0 Å². The minimum Gasteiger partial charge on any atom is -0.512 e. The molecule has 11 rings (SSSR count). The first-order valence-electron chi connectivity index (χ1n) is 19.7. The second-order valence-corrected chi connectivity index (χ2v) is 14.2.